The van der Waals surface area contributed by atoms with Crippen LogP contribution in [0.1, 0.15) is 23.2 Å². The zero-order valence-corrected chi connectivity index (χ0v) is 17.7. The second-order valence-electron chi connectivity index (χ2n) is 7.15. The molecule has 1 aliphatic rings. The van der Waals surface area contributed by atoms with Gasteiger partial charge in [0, 0.05) is 24.4 Å². The molecule has 30 heavy (non-hydrogen) atoms. The number of halogens is 1. The van der Waals surface area contributed by atoms with Gasteiger partial charge in [-0.15, -0.1) is 0 Å². The van der Waals surface area contributed by atoms with E-state index in [1.807, 2.05) is 36.4 Å². The van der Waals surface area contributed by atoms with Crippen LogP contribution in [0.2, 0.25) is 5.02 Å². The second-order valence-corrected chi connectivity index (χ2v) is 9.29. The third kappa shape index (κ3) is 4.65. The first kappa shape index (κ1) is 20.8. The van der Waals surface area contributed by atoms with Crippen molar-refractivity contribution in [3.05, 3.63) is 71.2 Å². The Hall–Kier alpha value is -2.45. The lowest BCUT2D eigenvalue weighted by Crippen LogP contribution is -2.32. The van der Waals surface area contributed by atoms with Crippen molar-refractivity contribution in [1.29, 1.82) is 0 Å². The summed E-state index contributed by atoms with van der Waals surface area (Å²) in [7, 11) is -3.88. The maximum atomic E-state index is 12.7. The van der Waals surface area contributed by atoms with Gasteiger partial charge in [0.1, 0.15) is 4.90 Å². The lowest BCUT2D eigenvalue weighted by molar-refractivity contribution is 0.102. The molecule has 1 heterocycles. The van der Waals surface area contributed by atoms with E-state index >= 15 is 0 Å². The van der Waals surface area contributed by atoms with Crippen LogP contribution in [0.3, 0.4) is 0 Å². The van der Waals surface area contributed by atoms with Crippen LogP contribution in [0.4, 0.5) is 5.69 Å². The Bertz CT molecular complexity index is 1190. The molecule has 3 aromatic carbocycles. The first-order valence-corrected chi connectivity index (χ1v) is 11.5. The lowest BCUT2D eigenvalue weighted by Gasteiger charge is -2.13. The number of fused-ring (bicyclic) bond motifs is 1. The molecule has 1 saturated heterocycles. The number of hydrogen-bond donors (Lipinski definition) is 2. The number of benzene rings is 3. The van der Waals surface area contributed by atoms with E-state index in [4.69, 9.17) is 16.3 Å². The van der Waals surface area contributed by atoms with Crippen molar-refractivity contribution in [2.75, 3.05) is 18.5 Å². The fraction of sp³-hybridized carbons (Fsp3) is 0.227. The number of carbonyl (C=O) groups excluding carboxylic acids is 1. The molecule has 0 spiro atoms. The number of ether oxygens (including phenoxy) is 1. The van der Waals surface area contributed by atoms with Crippen LogP contribution in [0.5, 0.6) is 0 Å². The van der Waals surface area contributed by atoms with Gasteiger partial charge >= 0.3 is 0 Å². The summed E-state index contributed by atoms with van der Waals surface area (Å²) in [5, 5.41) is 4.92. The molecule has 1 amide bonds. The highest BCUT2D eigenvalue weighted by atomic mass is 35.5. The maximum Gasteiger partial charge on any atom is 0.255 e. The Kier molecular flexibility index (Phi) is 6.06. The summed E-state index contributed by atoms with van der Waals surface area (Å²) >= 11 is 6.12. The molecule has 6 nitrogen and oxygen atoms in total. The van der Waals surface area contributed by atoms with Crippen molar-refractivity contribution >= 4 is 44.0 Å². The van der Waals surface area contributed by atoms with E-state index in [0.717, 1.165) is 23.6 Å². The monoisotopic (exact) mass is 444 g/mol. The SMILES string of the molecule is O=C(Nc1ccc2ccccc2c1)c1ccc(Cl)c(S(=O)(=O)NCC2CCCO2)c1. The predicted molar refractivity (Wildman–Crippen MR) is 118 cm³/mol. The van der Waals surface area contributed by atoms with Crippen molar-refractivity contribution < 1.29 is 17.9 Å². The van der Waals surface area contributed by atoms with Crippen molar-refractivity contribution in [2.45, 2.75) is 23.8 Å². The Morgan fingerprint density at radius 3 is 2.63 bits per heavy atom. The molecule has 0 saturated carbocycles. The molecule has 156 valence electrons. The van der Waals surface area contributed by atoms with Gasteiger partial charge in [-0.1, -0.05) is 41.9 Å². The minimum Gasteiger partial charge on any atom is -0.377 e. The lowest BCUT2D eigenvalue weighted by atomic mass is 10.1. The summed E-state index contributed by atoms with van der Waals surface area (Å²) in [5.41, 5.74) is 0.819. The molecule has 1 fully saturated rings. The molecule has 0 bridgehead atoms. The molecule has 1 aliphatic heterocycles. The van der Waals surface area contributed by atoms with E-state index in [1.165, 1.54) is 18.2 Å². The van der Waals surface area contributed by atoms with Crippen molar-refractivity contribution in [1.82, 2.24) is 4.72 Å². The number of sulfonamides is 1. The Labute approximate surface area is 180 Å². The summed E-state index contributed by atoms with van der Waals surface area (Å²) in [5.74, 6) is -0.419. The normalized spacial score (nSPS) is 16.6. The predicted octanol–water partition coefficient (Wildman–Crippen LogP) is 4.20. The minimum absolute atomic E-state index is 0.0529. The minimum atomic E-state index is -3.88. The number of nitrogens with one attached hydrogen (secondary N) is 2. The highest BCUT2D eigenvalue weighted by Gasteiger charge is 2.23. The number of rotatable bonds is 6. The van der Waals surface area contributed by atoms with Gasteiger partial charge in [0.15, 0.2) is 0 Å². The summed E-state index contributed by atoms with van der Waals surface area (Å²) in [6, 6.07) is 17.6. The first-order chi connectivity index (χ1) is 14.4. The van der Waals surface area contributed by atoms with E-state index in [9.17, 15) is 13.2 Å². The smallest absolute Gasteiger partial charge is 0.255 e. The Morgan fingerprint density at radius 2 is 1.87 bits per heavy atom. The van der Waals surface area contributed by atoms with Gasteiger partial charge in [-0.05, 0) is 53.9 Å². The van der Waals surface area contributed by atoms with E-state index in [-0.39, 0.29) is 28.1 Å². The average Bonchev–Trinajstić information content (AvgIpc) is 3.26. The average molecular weight is 445 g/mol. The van der Waals surface area contributed by atoms with Crippen LogP contribution in [0, 0.1) is 0 Å². The highest BCUT2D eigenvalue weighted by molar-refractivity contribution is 7.89. The molecule has 0 aromatic heterocycles. The third-order valence-electron chi connectivity index (χ3n) is 5.02. The molecule has 1 unspecified atom stereocenters. The van der Waals surface area contributed by atoms with E-state index in [2.05, 4.69) is 10.0 Å². The Morgan fingerprint density at radius 1 is 1.07 bits per heavy atom. The van der Waals surface area contributed by atoms with E-state index in [0.29, 0.717) is 12.3 Å². The van der Waals surface area contributed by atoms with Crippen molar-refractivity contribution in [3.63, 3.8) is 0 Å². The van der Waals surface area contributed by atoms with Crippen molar-refractivity contribution in [3.8, 4) is 0 Å². The fourth-order valence-electron chi connectivity index (χ4n) is 3.41. The van der Waals surface area contributed by atoms with Gasteiger partial charge < -0.3 is 10.1 Å². The quantitative estimate of drug-likeness (QED) is 0.596. The van der Waals surface area contributed by atoms with E-state index < -0.39 is 15.9 Å². The zero-order chi connectivity index (χ0) is 21.1. The van der Waals surface area contributed by atoms with Gasteiger partial charge in [-0.3, -0.25) is 4.79 Å². The van der Waals surface area contributed by atoms with E-state index in [1.54, 1.807) is 6.07 Å². The van der Waals surface area contributed by atoms with Crippen LogP contribution in [-0.4, -0.2) is 33.6 Å². The van der Waals surface area contributed by atoms with Crippen LogP contribution >= 0.6 is 11.6 Å². The molecular formula is C22H21ClN2O4S. The van der Waals surface area contributed by atoms with Gasteiger partial charge in [0.05, 0.1) is 11.1 Å². The summed E-state index contributed by atoms with van der Waals surface area (Å²) < 4.78 is 33.4. The third-order valence-corrected chi connectivity index (χ3v) is 6.92. The van der Waals surface area contributed by atoms with Gasteiger partial charge in [-0.25, -0.2) is 13.1 Å². The van der Waals surface area contributed by atoms with Crippen molar-refractivity contribution in [2.24, 2.45) is 0 Å². The second kappa shape index (κ2) is 8.73. The molecule has 8 heteroatoms. The number of hydrogen-bond acceptors (Lipinski definition) is 4. The molecule has 3 aromatic rings. The van der Waals surface area contributed by atoms with Gasteiger partial charge in [0.2, 0.25) is 10.0 Å². The molecule has 1 atom stereocenters. The van der Waals surface area contributed by atoms with Crippen LogP contribution in [0.15, 0.2) is 65.6 Å². The number of carbonyl (C=O) groups is 1. The molecule has 0 aliphatic carbocycles. The van der Waals surface area contributed by atoms with Crippen LogP contribution in [0.25, 0.3) is 10.8 Å². The topological polar surface area (TPSA) is 84.5 Å². The summed E-state index contributed by atoms with van der Waals surface area (Å²) in [6.45, 7) is 0.809. The zero-order valence-electron chi connectivity index (χ0n) is 16.1. The fourth-order valence-corrected chi connectivity index (χ4v) is 5.00. The Balaban J connectivity index is 1.53. The maximum absolute atomic E-state index is 12.7. The standard InChI is InChI=1S/C22H21ClN2O4S/c23-20-10-8-17(13-21(20)30(27,28)24-14-19-6-3-11-29-19)22(26)25-18-9-7-15-4-1-2-5-16(15)12-18/h1-2,4-5,7-10,12-13,19,24H,3,6,11,14H2,(H,25,26). The summed E-state index contributed by atoms with van der Waals surface area (Å²) in [4.78, 5) is 12.6. The first-order valence-electron chi connectivity index (χ1n) is 9.63. The largest absolute Gasteiger partial charge is 0.377 e. The highest BCUT2D eigenvalue weighted by Crippen LogP contribution is 2.24. The molecule has 2 N–H and O–H groups in total. The van der Waals surface area contributed by atoms with Gasteiger partial charge in [-0.2, -0.15) is 0 Å². The van der Waals surface area contributed by atoms with Crippen LogP contribution in [-0.2, 0) is 14.8 Å². The van der Waals surface area contributed by atoms with Crippen LogP contribution < -0.4 is 10.0 Å². The number of amides is 1. The molecule has 0 radical (unpaired) electrons. The van der Waals surface area contributed by atoms with Gasteiger partial charge in [0.25, 0.3) is 5.91 Å². The number of anilines is 1. The summed E-state index contributed by atoms with van der Waals surface area (Å²) in [6.07, 6.45) is 1.58. The molecular weight excluding hydrogens is 424 g/mol. The molecule has 4 rings (SSSR count).